The number of hydrogen-bond donors (Lipinski definition) is 0. The van der Waals surface area contributed by atoms with E-state index in [1.165, 1.54) is 0 Å². The molecule has 0 saturated carbocycles. The van der Waals surface area contributed by atoms with Gasteiger partial charge in [-0.2, -0.15) is 0 Å². The first kappa shape index (κ1) is 20.6. The van der Waals surface area contributed by atoms with E-state index in [0.29, 0.717) is 45.7 Å². The van der Waals surface area contributed by atoms with Crippen LogP contribution in [0.2, 0.25) is 0 Å². The van der Waals surface area contributed by atoms with Gasteiger partial charge in [0, 0.05) is 6.20 Å². The number of fused-ring (bicyclic) bond motifs is 3. The summed E-state index contributed by atoms with van der Waals surface area (Å²) in [5.74, 6) is 0.990. The molecule has 5 rings (SSSR count). The number of carbonyl (C=O) groups excluding carboxylic acids is 1. The van der Waals surface area contributed by atoms with Crippen LogP contribution in [0.15, 0.2) is 66.3 Å². The Morgan fingerprint density at radius 2 is 1.97 bits per heavy atom. The third kappa shape index (κ3) is 3.57. The van der Waals surface area contributed by atoms with Crippen LogP contribution in [0.5, 0.6) is 11.6 Å². The molecule has 0 unspecified atom stereocenters. The number of hydrogen-bond acceptors (Lipinski definition) is 8. The predicted molar refractivity (Wildman–Crippen MR) is 119 cm³/mol. The molecule has 1 aromatic carbocycles. The molecule has 0 fully saturated rings. The van der Waals surface area contributed by atoms with Crippen LogP contribution in [0.4, 0.5) is 0 Å². The molecule has 166 valence electrons. The van der Waals surface area contributed by atoms with Crippen molar-refractivity contribution in [3.63, 3.8) is 0 Å². The van der Waals surface area contributed by atoms with Gasteiger partial charge in [0.25, 0.3) is 0 Å². The topological polar surface area (TPSA) is 101 Å². The number of methoxy groups -OCH3 is 1. The van der Waals surface area contributed by atoms with Crippen molar-refractivity contribution in [3.8, 4) is 23.1 Å². The van der Waals surface area contributed by atoms with Crippen LogP contribution in [-0.2, 0) is 9.53 Å². The molecule has 0 bridgehead atoms. The number of aromatic nitrogens is 5. The average Bonchev–Trinajstić information content (AvgIpc) is 3.28. The van der Waals surface area contributed by atoms with Crippen molar-refractivity contribution in [2.45, 2.75) is 19.8 Å². The monoisotopic (exact) mass is 443 g/mol. The lowest BCUT2D eigenvalue weighted by atomic mass is 9.83. The van der Waals surface area contributed by atoms with E-state index in [-0.39, 0.29) is 6.61 Å². The Morgan fingerprint density at radius 3 is 2.67 bits per heavy atom. The number of pyridine rings is 1. The minimum Gasteiger partial charge on any atom is -0.497 e. The van der Waals surface area contributed by atoms with Crippen LogP contribution >= 0.6 is 0 Å². The van der Waals surface area contributed by atoms with Crippen molar-refractivity contribution in [2.75, 3.05) is 13.7 Å². The van der Waals surface area contributed by atoms with E-state index in [1.54, 1.807) is 38.0 Å². The Kier molecular flexibility index (Phi) is 5.21. The van der Waals surface area contributed by atoms with E-state index in [0.717, 1.165) is 5.56 Å². The second kappa shape index (κ2) is 8.34. The van der Waals surface area contributed by atoms with Crippen molar-refractivity contribution in [1.29, 1.82) is 0 Å². The molecule has 0 spiro atoms. The van der Waals surface area contributed by atoms with Gasteiger partial charge >= 0.3 is 5.97 Å². The van der Waals surface area contributed by atoms with Crippen LogP contribution in [0.3, 0.4) is 0 Å². The maximum absolute atomic E-state index is 13.0. The van der Waals surface area contributed by atoms with Gasteiger partial charge in [0.05, 0.1) is 30.8 Å². The van der Waals surface area contributed by atoms with Gasteiger partial charge in [0.1, 0.15) is 23.5 Å². The summed E-state index contributed by atoms with van der Waals surface area (Å²) < 4.78 is 18.2. The molecule has 4 heterocycles. The molecule has 1 aliphatic rings. The summed E-state index contributed by atoms with van der Waals surface area (Å²) in [6.07, 6.45) is 3.23. The van der Waals surface area contributed by atoms with Gasteiger partial charge in [-0.3, -0.25) is 4.98 Å². The van der Waals surface area contributed by atoms with Crippen LogP contribution in [0, 0.1) is 0 Å². The number of nitrogens with zero attached hydrogens (tertiary/aromatic N) is 5. The highest BCUT2D eigenvalue weighted by Crippen LogP contribution is 2.44. The second-order valence-electron chi connectivity index (χ2n) is 7.38. The molecule has 0 radical (unpaired) electrons. The lowest BCUT2D eigenvalue weighted by molar-refractivity contribution is -0.139. The van der Waals surface area contributed by atoms with Crippen LogP contribution in [0.25, 0.3) is 17.2 Å². The number of carbonyl (C=O) groups is 1. The molecule has 0 aliphatic carbocycles. The zero-order valence-electron chi connectivity index (χ0n) is 18.3. The molecule has 9 nitrogen and oxygen atoms in total. The fourth-order valence-electron chi connectivity index (χ4n) is 3.94. The summed E-state index contributed by atoms with van der Waals surface area (Å²) in [4.78, 5) is 26.6. The van der Waals surface area contributed by atoms with Gasteiger partial charge in [-0.05, 0) is 43.7 Å². The molecule has 0 amide bonds. The van der Waals surface area contributed by atoms with Gasteiger partial charge in [0.2, 0.25) is 11.7 Å². The first-order chi connectivity index (χ1) is 16.1. The predicted octanol–water partition coefficient (Wildman–Crippen LogP) is 3.56. The van der Waals surface area contributed by atoms with Crippen molar-refractivity contribution in [2.24, 2.45) is 0 Å². The van der Waals surface area contributed by atoms with E-state index >= 15 is 0 Å². The van der Waals surface area contributed by atoms with Gasteiger partial charge < -0.3 is 14.2 Å². The fourth-order valence-corrected chi connectivity index (χ4v) is 3.94. The number of benzene rings is 1. The molecule has 33 heavy (non-hydrogen) atoms. The van der Waals surface area contributed by atoms with Crippen molar-refractivity contribution in [1.82, 2.24) is 24.6 Å². The highest BCUT2D eigenvalue weighted by molar-refractivity contribution is 5.93. The first-order valence-electron chi connectivity index (χ1n) is 10.5. The summed E-state index contributed by atoms with van der Waals surface area (Å²) in [5.41, 5.74) is 3.03. The zero-order valence-corrected chi connectivity index (χ0v) is 18.3. The highest BCUT2D eigenvalue weighted by atomic mass is 16.5. The Hall–Kier alpha value is -4.27. The van der Waals surface area contributed by atoms with E-state index in [4.69, 9.17) is 19.2 Å². The molecule has 0 saturated heterocycles. The third-order valence-corrected chi connectivity index (χ3v) is 5.43. The maximum atomic E-state index is 13.0. The molecule has 3 aromatic heterocycles. The Bertz CT molecular complexity index is 1360. The maximum Gasteiger partial charge on any atom is 0.338 e. The highest BCUT2D eigenvalue weighted by Gasteiger charge is 2.38. The largest absolute Gasteiger partial charge is 0.497 e. The summed E-state index contributed by atoms with van der Waals surface area (Å²) in [7, 11) is 1.61. The number of rotatable bonds is 5. The Morgan fingerprint density at radius 1 is 1.15 bits per heavy atom. The molecule has 9 heteroatoms. The quantitative estimate of drug-likeness (QED) is 0.432. The van der Waals surface area contributed by atoms with E-state index in [9.17, 15) is 4.79 Å². The Balaban J connectivity index is 1.74. The smallest absolute Gasteiger partial charge is 0.338 e. The average molecular weight is 443 g/mol. The van der Waals surface area contributed by atoms with Crippen LogP contribution < -0.4 is 9.47 Å². The molecule has 1 atom stereocenters. The number of ether oxygens (including phenoxy) is 3. The summed E-state index contributed by atoms with van der Waals surface area (Å²) in [6.45, 7) is 3.75. The molecule has 0 N–H and O–H groups in total. The van der Waals surface area contributed by atoms with Crippen LogP contribution in [0.1, 0.15) is 30.9 Å². The Labute approximate surface area is 189 Å². The number of allylic oxidation sites excluding steroid dienone is 1. The molecular formula is C24H21N5O4. The third-order valence-electron chi connectivity index (χ3n) is 5.43. The minimum atomic E-state index is -0.518. The van der Waals surface area contributed by atoms with Gasteiger partial charge in [-0.1, -0.05) is 18.2 Å². The second-order valence-corrected chi connectivity index (χ2v) is 7.38. The summed E-state index contributed by atoms with van der Waals surface area (Å²) in [6, 6.07) is 13.0. The lowest BCUT2D eigenvalue weighted by Gasteiger charge is -2.28. The molecule has 1 aliphatic heterocycles. The molecular weight excluding hydrogens is 422 g/mol. The van der Waals surface area contributed by atoms with E-state index in [2.05, 4.69) is 15.1 Å². The van der Waals surface area contributed by atoms with Gasteiger partial charge in [-0.25, -0.2) is 19.3 Å². The van der Waals surface area contributed by atoms with Crippen molar-refractivity contribution >= 4 is 11.6 Å². The fraction of sp³-hybridized carbons (Fsp3) is 0.208. The van der Waals surface area contributed by atoms with Crippen LogP contribution in [-0.4, -0.2) is 44.3 Å². The SMILES string of the molecule is CCOC(=O)C1=C(C)Oc2ncn3nc(-c4ccccn4)nc3c2[C@H]1c1ccc(OC)cc1. The molecule has 4 aromatic rings. The number of esters is 1. The van der Waals surface area contributed by atoms with Crippen molar-refractivity contribution < 1.29 is 19.0 Å². The van der Waals surface area contributed by atoms with Gasteiger partial charge in [0.15, 0.2) is 5.65 Å². The summed E-state index contributed by atoms with van der Waals surface area (Å²) >= 11 is 0. The van der Waals surface area contributed by atoms with E-state index in [1.807, 2.05) is 42.5 Å². The standard InChI is InChI=1S/C24H21N5O4/c1-4-32-24(30)18-14(2)33-23-20(19(18)15-8-10-16(31-3)11-9-15)22-27-21(28-29(22)13-26-23)17-7-5-6-12-25-17/h5-13,19H,4H2,1-3H3/t19-/m0/s1. The van der Waals surface area contributed by atoms with E-state index < -0.39 is 11.9 Å². The van der Waals surface area contributed by atoms with Gasteiger partial charge in [-0.15, -0.1) is 5.10 Å². The first-order valence-corrected chi connectivity index (χ1v) is 10.5. The summed E-state index contributed by atoms with van der Waals surface area (Å²) in [5, 5.41) is 4.54. The normalized spacial score (nSPS) is 15.2. The van der Waals surface area contributed by atoms with Crippen molar-refractivity contribution in [3.05, 3.63) is 77.4 Å². The zero-order chi connectivity index (χ0) is 22.9. The minimum absolute atomic E-state index is 0.245. The lowest BCUT2D eigenvalue weighted by Crippen LogP contribution is -2.24.